The molecule has 2 heterocycles. The standard InChI is InChI=1S/C18H23N7O4/c1-10-7-12(16(19)27)15(26)8-13(10)22-18-20-9-14(25(2)24-28)17(23-18)21-11-3-5-29-6-4-11/h7-9,11,26H,3-6H2,1-2H3,(H2,19,27)(H2,20,21,22,23). The van der Waals surface area contributed by atoms with Crippen molar-refractivity contribution in [2.45, 2.75) is 25.8 Å². The van der Waals surface area contributed by atoms with Crippen molar-refractivity contribution in [3.05, 3.63) is 34.4 Å². The number of nitroso groups, excluding NO2 is 1. The molecule has 0 unspecified atom stereocenters. The van der Waals surface area contributed by atoms with Crippen molar-refractivity contribution in [1.82, 2.24) is 9.97 Å². The molecule has 1 aromatic carbocycles. The van der Waals surface area contributed by atoms with E-state index in [2.05, 4.69) is 25.9 Å². The number of primary amides is 1. The first-order valence-electron chi connectivity index (χ1n) is 9.07. The molecule has 1 aromatic heterocycles. The average Bonchev–Trinajstić information content (AvgIpc) is 2.70. The van der Waals surface area contributed by atoms with Crippen molar-refractivity contribution >= 4 is 29.0 Å². The molecular weight excluding hydrogens is 378 g/mol. The maximum absolute atomic E-state index is 11.4. The zero-order valence-electron chi connectivity index (χ0n) is 16.2. The zero-order valence-corrected chi connectivity index (χ0v) is 16.2. The lowest BCUT2D eigenvalue weighted by Gasteiger charge is -2.25. The number of ether oxygens (including phenoxy) is 1. The van der Waals surface area contributed by atoms with Crippen LogP contribution in [-0.2, 0) is 4.74 Å². The lowest BCUT2D eigenvalue weighted by molar-refractivity contribution is 0.0904. The van der Waals surface area contributed by atoms with Gasteiger partial charge >= 0.3 is 0 Å². The molecule has 29 heavy (non-hydrogen) atoms. The minimum Gasteiger partial charge on any atom is -0.507 e. The van der Waals surface area contributed by atoms with Crippen molar-refractivity contribution < 1.29 is 14.6 Å². The van der Waals surface area contributed by atoms with E-state index in [0.717, 1.165) is 17.9 Å². The van der Waals surface area contributed by atoms with Crippen LogP contribution < -0.4 is 21.4 Å². The lowest BCUT2D eigenvalue weighted by atomic mass is 10.1. The number of aryl methyl sites for hydroxylation is 1. The molecule has 2 aromatic rings. The minimum atomic E-state index is -0.717. The highest BCUT2D eigenvalue weighted by molar-refractivity contribution is 5.96. The van der Waals surface area contributed by atoms with Crippen LogP contribution in [0, 0.1) is 11.8 Å². The molecule has 11 heteroatoms. The summed E-state index contributed by atoms with van der Waals surface area (Å²) in [5, 5.41) is 20.4. The average molecular weight is 401 g/mol. The van der Waals surface area contributed by atoms with Crippen molar-refractivity contribution in [2.75, 3.05) is 35.9 Å². The van der Waals surface area contributed by atoms with Crippen molar-refractivity contribution in [1.29, 1.82) is 0 Å². The van der Waals surface area contributed by atoms with Gasteiger partial charge < -0.3 is 26.2 Å². The van der Waals surface area contributed by atoms with E-state index in [1.165, 1.54) is 25.4 Å². The Kier molecular flexibility index (Phi) is 6.07. The van der Waals surface area contributed by atoms with Crippen molar-refractivity contribution in [3.63, 3.8) is 0 Å². The van der Waals surface area contributed by atoms with E-state index in [1.807, 2.05) is 0 Å². The third kappa shape index (κ3) is 4.69. The number of nitrogens with zero attached hydrogens (tertiary/aromatic N) is 4. The van der Waals surface area contributed by atoms with Gasteiger partial charge in [-0.05, 0) is 31.4 Å². The fourth-order valence-electron chi connectivity index (χ4n) is 3.01. The zero-order chi connectivity index (χ0) is 21.0. The second kappa shape index (κ2) is 8.69. The summed E-state index contributed by atoms with van der Waals surface area (Å²) in [5.41, 5.74) is 6.91. The van der Waals surface area contributed by atoms with Crippen LogP contribution in [0.2, 0.25) is 0 Å². The molecular formula is C18H23N7O4. The van der Waals surface area contributed by atoms with Gasteiger partial charge in [0, 0.05) is 38.1 Å². The highest BCUT2D eigenvalue weighted by Gasteiger charge is 2.19. The molecule has 0 radical (unpaired) electrons. The second-order valence-corrected chi connectivity index (χ2v) is 6.74. The Morgan fingerprint density at radius 1 is 1.38 bits per heavy atom. The Balaban J connectivity index is 1.89. The molecule has 154 valence electrons. The smallest absolute Gasteiger partial charge is 0.252 e. The van der Waals surface area contributed by atoms with Crippen LogP contribution >= 0.6 is 0 Å². The van der Waals surface area contributed by atoms with Gasteiger partial charge in [-0.2, -0.15) is 4.98 Å². The summed E-state index contributed by atoms with van der Waals surface area (Å²) >= 11 is 0. The number of hydrogen-bond acceptors (Lipinski definition) is 9. The van der Waals surface area contributed by atoms with Gasteiger partial charge in [-0.3, -0.25) is 4.79 Å². The third-order valence-electron chi connectivity index (χ3n) is 4.66. The number of aromatic hydroxyl groups is 1. The summed E-state index contributed by atoms with van der Waals surface area (Å²) < 4.78 is 5.37. The Labute approximate surface area is 167 Å². The second-order valence-electron chi connectivity index (χ2n) is 6.74. The molecule has 1 aliphatic heterocycles. The van der Waals surface area contributed by atoms with E-state index in [-0.39, 0.29) is 23.3 Å². The topological polar surface area (TPSA) is 155 Å². The maximum Gasteiger partial charge on any atom is 0.252 e. The van der Waals surface area contributed by atoms with E-state index in [4.69, 9.17) is 10.5 Å². The third-order valence-corrected chi connectivity index (χ3v) is 4.66. The fraction of sp³-hybridized carbons (Fsp3) is 0.389. The Morgan fingerprint density at radius 2 is 2.10 bits per heavy atom. The Morgan fingerprint density at radius 3 is 2.76 bits per heavy atom. The maximum atomic E-state index is 11.4. The number of aromatic nitrogens is 2. The number of amides is 1. The van der Waals surface area contributed by atoms with Crippen LogP contribution in [0.5, 0.6) is 5.75 Å². The van der Waals surface area contributed by atoms with Gasteiger partial charge in [0.2, 0.25) is 5.95 Å². The van der Waals surface area contributed by atoms with Crippen LogP contribution in [0.25, 0.3) is 0 Å². The molecule has 5 N–H and O–H groups in total. The van der Waals surface area contributed by atoms with E-state index in [9.17, 15) is 14.8 Å². The predicted molar refractivity (Wildman–Crippen MR) is 108 cm³/mol. The van der Waals surface area contributed by atoms with Gasteiger partial charge in [0.1, 0.15) is 11.4 Å². The minimum absolute atomic E-state index is 0.0323. The normalized spacial score (nSPS) is 14.3. The quantitative estimate of drug-likeness (QED) is 0.403. The highest BCUT2D eigenvalue weighted by Crippen LogP contribution is 2.30. The van der Waals surface area contributed by atoms with Gasteiger partial charge in [0.25, 0.3) is 5.91 Å². The number of rotatable bonds is 7. The highest BCUT2D eigenvalue weighted by atomic mass is 16.5. The molecule has 0 bridgehead atoms. The summed E-state index contributed by atoms with van der Waals surface area (Å²) in [5.74, 6) is -0.262. The van der Waals surface area contributed by atoms with E-state index >= 15 is 0 Å². The summed E-state index contributed by atoms with van der Waals surface area (Å²) in [4.78, 5) is 31.1. The van der Waals surface area contributed by atoms with Crippen molar-refractivity contribution in [2.24, 2.45) is 11.0 Å². The summed E-state index contributed by atoms with van der Waals surface area (Å²) in [6.07, 6.45) is 3.10. The predicted octanol–water partition coefficient (Wildman–Crippen LogP) is 2.04. The van der Waals surface area contributed by atoms with Gasteiger partial charge in [0.05, 0.1) is 17.0 Å². The number of hydrogen-bond donors (Lipinski definition) is 4. The molecule has 1 amide bonds. The SMILES string of the molecule is Cc1cc(C(N)=O)c(O)cc1Nc1ncc(N(C)N=O)c(NC2CCOCC2)n1. The number of anilines is 4. The molecule has 0 aliphatic carbocycles. The Hall–Kier alpha value is -3.47. The molecule has 3 rings (SSSR count). The number of carbonyl (C=O) groups is 1. The van der Waals surface area contributed by atoms with E-state index < -0.39 is 5.91 Å². The van der Waals surface area contributed by atoms with Gasteiger partial charge in [-0.15, -0.1) is 4.91 Å². The summed E-state index contributed by atoms with van der Waals surface area (Å²) in [6.45, 7) is 3.05. The molecule has 1 aliphatic rings. The summed E-state index contributed by atoms with van der Waals surface area (Å²) in [7, 11) is 1.51. The van der Waals surface area contributed by atoms with E-state index in [1.54, 1.807) is 6.92 Å². The van der Waals surface area contributed by atoms with Crippen LogP contribution in [-0.4, -0.2) is 47.3 Å². The molecule has 0 saturated carbocycles. The summed E-state index contributed by atoms with van der Waals surface area (Å²) in [6, 6.07) is 3.02. The fourth-order valence-corrected chi connectivity index (χ4v) is 3.01. The first kappa shape index (κ1) is 20.3. The largest absolute Gasteiger partial charge is 0.507 e. The molecule has 0 atom stereocenters. The van der Waals surface area contributed by atoms with Crippen LogP contribution in [0.15, 0.2) is 23.6 Å². The lowest BCUT2D eigenvalue weighted by Crippen LogP contribution is -2.29. The first-order valence-corrected chi connectivity index (χ1v) is 9.07. The molecule has 1 fully saturated rings. The van der Waals surface area contributed by atoms with E-state index in [0.29, 0.717) is 36.0 Å². The Bertz CT molecular complexity index is 915. The van der Waals surface area contributed by atoms with Crippen LogP contribution in [0.1, 0.15) is 28.8 Å². The van der Waals surface area contributed by atoms with Gasteiger partial charge in [-0.1, -0.05) is 0 Å². The van der Waals surface area contributed by atoms with Crippen molar-refractivity contribution in [3.8, 4) is 5.75 Å². The number of phenols is 1. The molecule has 1 saturated heterocycles. The van der Waals surface area contributed by atoms with Gasteiger partial charge in [-0.25, -0.2) is 9.99 Å². The molecule has 11 nitrogen and oxygen atoms in total. The van der Waals surface area contributed by atoms with Crippen LogP contribution in [0.4, 0.5) is 23.1 Å². The first-order chi connectivity index (χ1) is 13.9. The van der Waals surface area contributed by atoms with Gasteiger partial charge in [0.15, 0.2) is 5.82 Å². The number of benzene rings is 1. The number of nitrogens with two attached hydrogens (primary N) is 1. The monoisotopic (exact) mass is 401 g/mol. The number of nitrogens with one attached hydrogen (secondary N) is 2. The molecule has 0 spiro atoms. The van der Waals surface area contributed by atoms with Crippen LogP contribution in [0.3, 0.4) is 0 Å². The number of carbonyl (C=O) groups excluding carboxylic acids is 1.